The minimum Gasteiger partial charge on any atom is -0.404 e. The molecule has 0 saturated carbocycles. The summed E-state index contributed by atoms with van der Waals surface area (Å²) in [5, 5.41) is 0. The van der Waals surface area contributed by atoms with Crippen LogP contribution in [0.25, 0.3) is 0 Å². The molecule has 0 amide bonds. The van der Waals surface area contributed by atoms with Crippen LogP contribution in [-0.2, 0) is 16.6 Å². The van der Waals surface area contributed by atoms with Crippen molar-refractivity contribution >= 4 is 10.0 Å². The second-order valence-corrected chi connectivity index (χ2v) is 8.07. The number of hydrogen-bond acceptors (Lipinski definition) is 4. The average Bonchev–Trinajstić information content (AvgIpc) is 2.62. The number of halogens is 3. The van der Waals surface area contributed by atoms with Gasteiger partial charge in [0.05, 0.1) is 0 Å². The van der Waals surface area contributed by atoms with Crippen LogP contribution in [0.1, 0.15) is 5.56 Å². The van der Waals surface area contributed by atoms with Crippen LogP contribution >= 0.6 is 0 Å². The Morgan fingerprint density at radius 1 is 0.889 bits per heavy atom. The standard InChI is InChI=1S/C18H19F3N2O3S/c19-18(20,21)26-16-8-4-5-9-17(16)27(24,25)23-12-10-22(11-13-23)14-15-6-2-1-3-7-15/h1-9H,10-14H2. The third-order valence-corrected chi connectivity index (χ3v) is 6.21. The molecule has 146 valence electrons. The summed E-state index contributed by atoms with van der Waals surface area (Å²) in [5.41, 5.74) is 1.12. The predicted octanol–water partition coefficient (Wildman–Crippen LogP) is 3.09. The van der Waals surface area contributed by atoms with Crippen LogP contribution in [0.15, 0.2) is 59.5 Å². The second kappa shape index (κ2) is 7.87. The molecule has 2 aromatic carbocycles. The lowest BCUT2D eigenvalue weighted by molar-refractivity contribution is -0.275. The van der Waals surface area contributed by atoms with E-state index in [1.54, 1.807) is 0 Å². The largest absolute Gasteiger partial charge is 0.573 e. The molecular weight excluding hydrogens is 381 g/mol. The highest BCUT2D eigenvalue weighted by atomic mass is 32.2. The molecular formula is C18H19F3N2O3S. The highest BCUT2D eigenvalue weighted by Gasteiger charge is 2.36. The number of nitrogens with zero attached hydrogens (tertiary/aromatic N) is 2. The van der Waals surface area contributed by atoms with Gasteiger partial charge in [0.1, 0.15) is 10.6 Å². The van der Waals surface area contributed by atoms with Crippen molar-refractivity contribution in [1.29, 1.82) is 0 Å². The van der Waals surface area contributed by atoms with Crippen LogP contribution in [-0.4, -0.2) is 50.2 Å². The number of piperazine rings is 1. The summed E-state index contributed by atoms with van der Waals surface area (Å²) in [5.74, 6) is -0.711. The number of benzene rings is 2. The molecule has 1 fully saturated rings. The number of sulfonamides is 1. The molecule has 9 heteroatoms. The van der Waals surface area contributed by atoms with Gasteiger partial charge in [0.25, 0.3) is 0 Å². The number of ether oxygens (including phenoxy) is 1. The highest BCUT2D eigenvalue weighted by Crippen LogP contribution is 2.31. The van der Waals surface area contributed by atoms with Crippen LogP contribution < -0.4 is 4.74 Å². The molecule has 0 atom stereocenters. The molecule has 0 aliphatic carbocycles. The lowest BCUT2D eigenvalue weighted by Gasteiger charge is -2.34. The Balaban J connectivity index is 1.70. The molecule has 5 nitrogen and oxygen atoms in total. The number of alkyl halides is 3. The topological polar surface area (TPSA) is 49.9 Å². The monoisotopic (exact) mass is 400 g/mol. The molecule has 3 rings (SSSR count). The predicted molar refractivity (Wildman–Crippen MR) is 93.6 cm³/mol. The van der Waals surface area contributed by atoms with Gasteiger partial charge in [-0.05, 0) is 17.7 Å². The van der Waals surface area contributed by atoms with Crippen LogP contribution in [0.3, 0.4) is 0 Å². The molecule has 1 aliphatic heterocycles. The molecule has 1 saturated heterocycles. The fourth-order valence-electron chi connectivity index (χ4n) is 2.98. The molecule has 0 aromatic heterocycles. The lowest BCUT2D eigenvalue weighted by atomic mass is 10.2. The van der Waals surface area contributed by atoms with Crippen molar-refractivity contribution in [3.8, 4) is 5.75 Å². The molecule has 0 N–H and O–H groups in total. The minimum atomic E-state index is -4.96. The van der Waals surface area contributed by atoms with E-state index in [-0.39, 0.29) is 13.1 Å². The maximum absolute atomic E-state index is 12.8. The summed E-state index contributed by atoms with van der Waals surface area (Å²) < 4.78 is 68.5. The molecule has 2 aromatic rings. The Hall–Kier alpha value is -2.10. The van der Waals surface area contributed by atoms with Crippen molar-refractivity contribution < 1.29 is 26.3 Å². The van der Waals surface area contributed by atoms with Gasteiger partial charge in [0, 0.05) is 32.7 Å². The number of para-hydroxylation sites is 1. The fourth-order valence-corrected chi connectivity index (χ4v) is 4.52. The van der Waals surface area contributed by atoms with Gasteiger partial charge in [-0.25, -0.2) is 8.42 Å². The van der Waals surface area contributed by atoms with Crippen LogP contribution in [0.4, 0.5) is 13.2 Å². The van der Waals surface area contributed by atoms with Gasteiger partial charge in [0.2, 0.25) is 10.0 Å². The van der Waals surface area contributed by atoms with Gasteiger partial charge < -0.3 is 4.74 Å². The van der Waals surface area contributed by atoms with E-state index in [0.717, 1.165) is 17.7 Å². The Kier molecular flexibility index (Phi) is 5.73. The van der Waals surface area contributed by atoms with Gasteiger partial charge in [-0.15, -0.1) is 13.2 Å². The van der Waals surface area contributed by atoms with E-state index in [4.69, 9.17) is 0 Å². The summed E-state index contributed by atoms with van der Waals surface area (Å²) >= 11 is 0. The highest BCUT2D eigenvalue weighted by molar-refractivity contribution is 7.89. The van der Waals surface area contributed by atoms with Crippen molar-refractivity contribution in [1.82, 2.24) is 9.21 Å². The van der Waals surface area contributed by atoms with Crippen molar-refractivity contribution in [3.05, 3.63) is 60.2 Å². The van der Waals surface area contributed by atoms with Crippen LogP contribution in [0.5, 0.6) is 5.75 Å². The molecule has 0 bridgehead atoms. The third kappa shape index (κ3) is 5.00. The number of rotatable bonds is 5. The summed E-state index contributed by atoms with van der Waals surface area (Å²) in [4.78, 5) is 1.64. The van der Waals surface area contributed by atoms with E-state index < -0.39 is 27.0 Å². The van der Waals surface area contributed by atoms with E-state index in [0.29, 0.717) is 19.6 Å². The smallest absolute Gasteiger partial charge is 0.404 e. The summed E-state index contributed by atoms with van der Waals surface area (Å²) in [6, 6.07) is 14.6. The lowest BCUT2D eigenvalue weighted by Crippen LogP contribution is -2.48. The number of hydrogen-bond donors (Lipinski definition) is 0. The zero-order valence-electron chi connectivity index (χ0n) is 14.4. The first kappa shape index (κ1) is 19.7. The van der Waals surface area contributed by atoms with E-state index in [1.165, 1.54) is 16.4 Å². The SMILES string of the molecule is O=S(=O)(c1ccccc1OC(F)(F)F)N1CCN(Cc2ccccc2)CC1. The maximum Gasteiger partial charge on any atom is 0.573 e. The molecule has 27 heavy (non-hydrogen) atoms. The summed E-state index contributed by atoms with van der Waals surface area (Å²) in [6.45, 7) is 2.10. The molecule has 1 aliphatic rings. The Labute approximate surface area is 156 Å². The third-order valence-electron chi connectivity index (χ3n) is 4.27. The van der Waals surface area contributed by atoms with Crippen LogP contribution in [0.2, 0.25) is 0 Å². The normalized spacial score (nSPS) is 17.0. The van der Waals surface area contributed by atoms with E-state index in [1.807, 2.05) is 30.3 Å². The van der Waals surface area contributed by atoms with Crippen molar-refractivity contribution in [2.45, 2.75) is 17.8 Å². The fraction of sp³-hybridized carbons (Fsp3) is 0.333. The maximum atomic E-state index is 12.8. The first-order valence-electron chi connectivity index (χ1n) is 8.37. The van der Waals surface area contributed by atoms with Gasteiger partial charge in [-0.3, -0.25) is 4.90 Å². The van der Waals surface area contributed by atoms with Gasteiger partial charge >= 0.3 is 6.36 Å². The summed E-state index contributed by atoms with van der Waals surface area (Å²) in [6.07, 6.45) is -4.96. The summed E-state index contributed by atoms with van der Waals surface area (Å²) in [7, 11) is -4.08. The Morgan fingerprint density at radius 3 is 2.11 bits per heavy atom. The van der Waals surface area contributed by atoms with Crippen molar-refractivity contribution in [3.63, 3.8) is 0 Å². The van der Waals surface area contributed by atoms with Crippen molar-refractivity contribution in [2.24, 2.45) is 0 Å². The van der Waals surface area contributed by atoms with E-state index in [2.05, 4.69) is 9.64 Å². The quantitative estimate of drug-likeness (QED) is 0.774. The van der Waals surface area contributed by atoms with Crippen LogP contribution in [0, 0.1) is 0 Å². The minimum absolute atomic E-state index is 0.204. The molecule has 0 unspecified atom stereocenters. The first-order valence-corrected chi connectivity index (χ1v) is 9.81. The van der Waals surface area contributed by atoms with E-state index >= 15 is 0 Å². The zero-order valence-corrected chi connectivity index (χ0v) is 15.2. The average molecular weight is 400 g/mol. The first-order chi connectivity index (χ1) is 12.8. The second-order valence-electron chi connectivity index (χ2n) is 6.16. The van der Waals surface area contributed by atoms with E-state index in [9.17, 15) is 21.6 Å². The van der Waals surface area contributed by atoms with Gasteiger partial charge in [-0.1, -0.05) is 42.5 Å². The molecule has 0 spiro atoms. The van der Waals surface area contributed by atoms with Gasteiger partial charge in [-0.2, -0.15) is 4.31 Å². The molecule has 0 radical (unpaired) electrons. The Morgan fingerprint density at radius 2 is 1.48 bits per heavy atom. The Bertz CT molecular complexity index is 865. The van der Waals surface area contributed by atoms with Crippen molar-refractivity contribution in [2.75, 3.05) is 26.2 Å². The molecule has 1 heterocycles. The zero-order chi connectivity index (χ0) is 19.5. The van der Waals surface area contributed by atoms with Gasteiger partial charge in [0.15, 0.2) is 0 Å².